The summed E-state index contributed by atoms with van der Waals surface area (Å²) in [6.45, 7) is 0.205. The number of aliphatic hydroxyl groups excluding tert-OH is 1. The summed E-state index contributed by atoms with van der Waals surface area (Å²) in [7, 11) is 0. The Kier molecular flexibility index (Phi) is 6.62. The van der Waals surface area contributed by atoms with Crippen molar-refractivity contribution in [1.82, 2.24) is 0 Å². The van der Waals surface area contributed by atoms with E-state index in [1.165, 1.54) is 18.2 Å². The lowest BCUT2D eigenvalue weighted by atomic mass is 9.89. The van der Waals surface area contributed by atoms with Crippen LogP contribution in [0.25, 0.3) is 11.1 Å². The van der Waals surface area contributed by atoms with Gasteiger partial charge in [-0.3, -0.25) is 0 Å². The third kappa shape index (κ3) is 4.75. The number of unbranched alkanes of at least 4 members (excludes halogenated alkanes) is 3. The molecule has 0 spiro atoms. The molecule has 27 heavy (non-hydrogen) atoms. The van der Waals surface area contributed by atoms with Crippen LogP contribution < -0.4 is 0 Å². The first-order valence-corrected chi connectivity index (χ1v) is 9.70. The van der Waals surface area contributed by atoms with Crippen LogP contribution in [0.2, 0.25) is 0 Å². The minimum Gasteiger partial charge on any atom is -0.505 e. The van der Waals surface area contributed by atoms with Crippen molar-refractivity contribution >= 4 is 11.1 Å². The zero-order chi connectivity index (χ0) is 19.2. The highest BCUT2D eigenvalue weighted by Gasteiger charge is 2.20. The summed E-state index contributed by atoms with van der Waals surface area (Å²) in [6.07, 6.45) is 7.03. The number of hydrogen-bond acceptors (Lipinski definition) is 2. The molecule has 0 amide bonds. The number of aromatic hydroxyl groups is 1. The smallest absolute Gasteiger partial charge is 0.165 e. The van der Waals surface area contributed by atoms with E-state index in [0.29, 0.717) is 0 Å². The molecule has 1 aliphatic carbocycles. The molecule has 0 radical (unpaired) electrons. The number of allylic oxidation sites excluding steroid dienone is 2. The second kappa shape index (κ2) is 9.14. The van der Waals surface area contributed by atoms with Gasteiger partial charge in [0.05, 0.1) is 0 Å². The number of rotatable bonds is 7. The molecule has 0 aromatic heterocycles. The number of phenolic OH excluding ortho intramolecular Hbond substituents is 1. The molecular weight excluding hydrogens is 346 g/mol. The molecule has 0 bridgehead atoms. The standard InChI is InChI=1S/C23H26F2O2/c24-18-11-9-16(10-12-18)19-8-5-6-17-14-23(27)22(25)15-21(17)20(19)7-3-1-2-4-13-26/h9-12,14-15,26-27H,1-8,13H2. The first kappa shape index (κ1) is 19.6. The highest BCUT2D eigenvalue weighted by molar-refractivity contribution is 5.92. The SMILES string of the molecule is OCCCCCCC1=C(c2ccc(F)cc2)CCCc2cc(O)c(F)cc21. The van der Waals surface area contributed by atoms with Gasteiger partial charge in [0.15, 0.2) is 11.6 Å². The lowest BCUT2D eigenvalue weighted by Crippen LogP contribution is -1.97. The van der Waals surface area contributed by atoms with Crippen molar-refractivity contribution in [2.75, 3.05) is 6.61 Å². The number of aryl methyl sites for hydroxylation is 1. The maximum Gasteiger partial charge on any atom is 0.165 e. The fourth-order valence-electron chi connectivity index (χ4n) is 3.88. The van der Waals surface area contributed by atoms with E-state index in [2.05, 4.69) is 0 Å². The van der Waals surface area contributed by atoms with Crippen molar-refractivity contribution in [2.45, 2.75) is 51.4 Å². The third-order valence-corrected chi connectivity index (χ3v) is 5.26. The number of halogens is 2. The fourth-order valence-corrected chi connectivity index (χ4v) is 3.88. The van der Waals surface area contributed by atoms with Crippen LogP contribution in [-0.2, 0) is 6.42 Å². The van der Waals surface area contributed by atoms with E-state index in [-0.39, 0.29) is 18.2 Å². The Hall–Kier alpha value is -2.20. The largest absolute Gasteiger partial charge is 0.505 e. The van der Waals surface area contributed by atoms with E-state index >= 15 is 0 Å². The van der Waals surface area contributed by atoms with Gasteiger partial charge in [0.1, 0.15) is 5.82 Å². The van der Waals surface area contributed by atoms with Crippen molar-refractivity contribution in [3.8, 4) is 5.75 Å². The van der Waals surface area contributed by atoms with Gasteiger partial charge in [0.2, 0.25) is 0 Å². The van der Waals surface area contributed by atoms with Gasteiger partial charge in [-0.2, -0.15) is 0 Å². The second-order valence-electron chi connectivity index (χ2n) is 7.17. The third-order valence-electron chi connectivity index (χ3n) is 5.26. The predicted molar refractivity (Wildman–Crippen MR) is 104 cm³/mol. The number of benzene rings is 2. The molecule has 2 aromatic rings. The molecular formula is C23H26F2O2. The fraction of sp³-hybridized carbons (Fsp3) is 0.391. The average molecular weight is 372 g/mol. The number of phenols is 1. The van der Waals surface area contributed by atoms with Crippen LogP contribution in [0.5, 0.6) is 5.75 Å². The summed E-state index contributed by atoms with van der Waals surface area (Å²) in [6, 6.07) is 9.50. The van der Waals surface area contributed by atoms with Crippen molar-refractivity contribution in [2.24, 2.45) is 0 Å². The van der Waals surface area contributed by atoms with Crippen LogP contribution in [0.3, 0.4) is 0 Å². The molecule has 2 nitrogen and oxygen atoms in total. The summed E-state index contributed by atoms with van der Waals surface area (Å²) >= 11 is 0. The minimum atomic E-state index is -0.605. The van der Waals surface area contributed by atoms with Crippen molar-refractivity contribution in [3.05, 3.63) is 64.7 Å². The highest BCUT2D eigenvalue weighted by atomic mass is 19.1. The Morgan fingerprint density at radius 3 is 2.37 bits per heavy atom. The zero-order valence-corrected chi connectivity index (χ0v) is 15.5. The highest BCUT2D eigenvalue weighted by Crippen LogP contribution is 2.40. The molecule has 0 aliphatic heterocycles. The lowest BCUT2D eigenvalue weighted by molar-refractivity contribution is 0.282. The molecule has 0 saturated carbocycles. The molecule has 1 aliphatic rings. The summed E-state index contributed by atoms with van der Waals surface area (Å²) in [4.78, 5) is 0. The van der Waals surface area contributed by atoms with E-state index in [1.54, 1.807) is 18.2 Å². The van der Waals surface area contributed by atoms with Crippen LogP contribution in [0.4, 0.5) is 8.78 Å². The zero-order valence-electron chi connectivity index (χ0n) is 15.5. The van der Waals surface area contributed by atoms with E-state index in [0.717, 1.165) is 79.2 Å². The topological polar surface area (TPSA) is 40.5 Å². The van der Waals surface area contributed by atoms with Gasteiger partial charge in [-0.1, -0.05) is 25.0 Å². The van der Waals surface area contributed by atoms with E-state index in [9.17, 15) is 13.9 Å². The molecule has 2 aromatic carbocycles. The van der Waals surface area contributed by atoms with Gasteiger partial charge in [-0.25, -0.2) is 8.78 Å². The van der Waals surface area contributed by atoms with Crippen molar-refractivity contribution < 1.29 is 19.0 Å². The van der Waals surface area contributed by atoms with Crippen LogP contribution in [0.15, 0.2) is 36.4 Å². The normalized spacial score (nSPS) is 14.2. The molecule has 0 unspecified atom stereocenters. The number of hydrogen-bond donors (Lipinski definition) is 2. The average Bonchev–Trinajstić information content (AvgIpc) is 2.82. The predicted octanol–water partition coefficient (Wildman–Crippen LogP) is 5.86. The molecule has 0 heterocycles. The monoisotopic (exact) mass is 372 g/mol. The minimum absolute atomic E-state index is 0.205. The van der Waals surface area contributed by atoms with Crippen LogP contribution in [-0.4, -0.2) is 16.8 Å². The molecule has 144 valence electrons. The molecule has 0 saturated heterocycles. The van der Waals surface area contributed by atoms with E-state index < -0.39 is 5.82 Å². The summed E-state index contributed by atoms with van der Waals surface area (Å²) in [5, 5.41) is 18.7. The first-order chi connectivity index (χ1) is 13.1. The first-order valence-electron chi connectivity index (χ1n) is 9.70. The van der Waals surface area contributed by atoms with Crippen molar-refractivity contribution in [1.29, 1.82) is 0 Å². The summed E-state index contributed by atoms with van der Waals surface area (Å²) < 4.78 is 27.5. The molecule has 4 heteroatoms. The van der Waals surface area contributed by atoms with Gasteiger partial charge in [0, 0.05) is 6.61 Å². The Morgan fingerprint density at radius 1 is 0.889 bits per heavy atom. The molecule has 0 fully saturated rings. The second-order valence-corrected chi connectivity index (χ2v) is 7.17. The van der Waals surface area contributed by atoms with Gasteiger partial charge < -0.3 is 10.2 Å². The van der Waals surface area contributed by atoms with Crippen LogP contribution in [0, 0.1) is 11.6 Å². The van der Waals surface area contributed by atoms with Crippen molar-refractivity contribution in [3.63, 3.8) is 0 Å². The lowest BCUT2D eigenvalue weighted by Gasteiger charge is -2.17. The maximum atomic E-state index is 14.1. The Bertz CT molecular complexity index is 810. The number of aliphatic hydroxyl groups is 1. The Balaban J connectivity index is 2.00. The maximum absolute atomic E-state index is 14.1. The van der Waals surface area contributed by atoms with E-state index in [1.807, 2.05) is 0 Å². The Morgan fingerprint density at radius 2 is 1.63 bits per heavy atom. The van der Waals surface area contributed by atoms with Crippen LogP contribution >= 0.6 is 0 Å². The molecule has 3 rings (SSSR count). The summed E-state index contributed by atoms with van der Waals surface area (Å²) in [5.41, 5.74) is 5.04. The van der Waals surface area contributed by atoms with Gasteiger partial charge in [-0.05, 0) is 90.6 Å². The molecule has 0 atom stereocenters. The number of fused-ring (bicyclic) bond motifs is 1. The van der Waals surface area contributed by atoms with Gasteiger partial charge in [-0.15, -0.1) is 0 Å². The van der Waals surface area contributed by atoms with Gasteiger partial charge in [0.25, 0.3) is 0 Å². The molecule has 2 N–H and O–H groups in total. The quantitative estimate of drug-likeness (QED) is 0.598. The summed E-state index contributed by atoms with van der Waals surface area (Å²) in [5.74, 6) is -1.18. The van der Waals surface area contributed by atoms with E-state index in [4.69, 9.17) is 5.11 Å². The van der Waals surface area contributed by atoms with Crippen LogP contribution in [0.1, 0.15) is 61.6 Å². The Labute approximate surface area is 159 Å². The van der Waals surface area contributed by atoms with Gasteiger partial charge >= 0.3 is 0 Å².